The Morgan fingerprint density at radius 1 is 1.13 bits per heavy atom. The quantitative estimate of drug-likeness (QED) is 0.836. The summed E-state index contributed by atoms with van der Waals surface area (Å²) in [7, 11) is 0. The third kappa shape index (κ3) is 3.95. The number of benzene rings is 1. The monoisotopic (exact) mass is 337 g/mol. The minimum Gasteiger partial charge on any atom is -0.448 e. The van der Waals surface area contributed by atoms with Crippen LogP contribution >= 0.6 is 11.6 Å². The van der Waals surface area contributed by atoms with E-state index in [0.717, 1.165) is 19.6 Å². The molecule has 1 aromatic carbocycles. The molecular formula is C16H20ClN3O3. The van der Waals surface area contributed by atoms with Crippen molar-refractivity contribution in [3.05, 3.63) is 34.9 Å². The van der Waals surface area contributed by atoms with Crippen LogP contribution in [0.2, 0.25) is 5.02 Å². The van der Waals surface area contributed by atoms with E-state index in [1.54, 1.807) is 29.2 Å². The Morgan fingerprint density at radius 3 is 2.57 bits per heavy atom. The van der Waals surface area contributed by atoms with Gasteiger partial charge >= 0.3 is 6.09 Å². The molecule has 2 aliphatic rings. The van der Waals surface area contributed by atoms with E-state index in [2.05, 4.69) is 4.90 Å². The Morgan fingerprint density at radius 2 is 1.91 bits per heavy atom. The fraction of sp³-hybridized carbons (Fsp3) is 0.500. The molecular weight excluding hydrogens is 318 g/mol. The van der Waals surface area contributed by atoms with E-state index in [9.17, 15) is 9.59 Å². The van der Waals surface area contributed by atoms with Crippen LogP contribution in [0.5, 0.6) is 0 Å². The van der Waals surface area contributed by atoms with Crippen molar-refractivity contribution in [3.63, 3.8) is 0 Å². The van der Waals surface area contributed by atoms with Crippen LogP contribution < -0.4 is 0 Å². The van der Waals surface area contributed by atoms with Crippen LogP contribution in [-0.2, 0) is 4.74 Å². The summed E-state index contributed by atoms with van der Waals surface area (Å²) in [6.45, 7) is 5.66. The zero-order valence-corrected chi connectivity index (χ0v) is 13.7. The first-order valence-corrected chi connectivity index (χ1v) is 8.20. The van der Waals surface area contributed by atoms with E-state index in [1.165, 1.54) is 0 Å². The molecule has 0 atom stereocenters. The summed E-state index contributed by atoms with van der Waals surface area (Å²) in [6, 6.07) is 7.05. The smallest absolute Gasteiger partial charge is 0.409 e. The number of piperazine rings is 1. The largest absolute Gasteiger partial charge is 0.448 e. The number of nitrogens with zero attached hydrogens (tertiary/aromatic N) is 3. The van der Waals surface area contributed by atoms with Crippen LogP contribution in [0.15, 0.2) is 24.3 Å². The topological polar surface area (TPSA) is 53.1 Å². The maximum absolute atomic E-state index is 12.4. The van der Waals surface area contributed by atoms with Gasteiger partial charge in [0.25, 0.3) is 5.91 Å². The summed E-state index contributed by atoms with van der Waals surface area (Å²) in [5, 5.41) is 0.576. The Kier molecular flexibility index (Phi) is 5.03. The molecule has 0 aromatic heterocycles. The summed E-state index contributed by atoms with van der Waals surface area (Å²) >= 11 is 5.94. The van der Waals surface area contributed by atoms with Crippen molar-refractivity contribution < 1.29 is 14.3 Å². The number of cyclic esters (lactones) is 1. The van der Waals surface area contributed by atoms with Crippen LogP contribution in [0.1, 0.15) is 10.4 Å². The van der Waals surface area contributed by atoms with E-state index in [0.29, 0.717) is 43.4 Å². The van der Waals surface area contributed by atoms with Crippen molar-refractivity contribution in [3.8, 4) is 0 Å². The number of carbonyl (C=O) groups is 2. The zero-order valence-electron chi connectivity index (χ0n) is 12.9. The number of amides is 2. The number of carbonyl (C=O) groups excluding carboxylic acids is 2. The van der Waals surface area contributed by atoms with Crippen molar-refractivity contribution >= 4 is 23.6 Å². The second-order valence-electron chi connectivity index (χ2n) is 5.75. The molecule has 0 aliphatic carbocycles. The molecule has 6 nitrogen and oxygen atoms in total. The van der Waals surface area contributed by atoms with Crippen LogP contribution in [-0.4, -0.2) is 79.1 Å². The van der Waals surface area contributed by atoms with Gasteiger partial charge in [-0.3, -0.25) is 9.69 Å². The standard InChI is InChI=1S/C16H20ClN3O3/c17-14-3-1-2-13(12-14)15(21)19-7-4-18(5-8-19)6-9-20-10-11-23-16(20)22/h1-3,12H,4-11H2. The summed E-state index contributed by atoms with van der Waals surface area (Å²) in [6.07, 6.45) is -0.222. The number of hydrogen-bond donors (Lipinski definition) is 0. The van der Waals surface area contributed by atoms with Gasteiger partial charge in [-0.2, -0.15) is 0 Å². The first-order valence-electron chi connectivity index (χ1n) is 7.82. The average Bonchev–Trinajstić information content (AvgIpc) is 2.98. The molecule has 0 unspecified atom stereocenters. The van der Waals surface area contributed by atoms with E-state index in [1.807, 2.05) is 4.90 Å². The first kappa shape index (κ1) is 16.1. The molecule has 3 rings (SSSR count). The molecule has 0 radical (unpaired) electrons. The predicted molar refractivity (Wildman–Crippen MR) is 86.7 cm³/mol. The Bertz CT molecular complexity index is 588. The molecule has 0 saturated carbocycles. The molecule has 1 aromatic rings. The minimum absolute atomic E-state index is 0.0234. The van der Waals surface area contributed by atoms with Crippen LogP contribution in [0.4, 0.5) is 4.79 Å². The van der Waals surface area contributed by atoms with Gasteiger partial charge < -0.3 is 14.5 Å². The number of ether oxygens (including phenoxy) is 1. The molecule has 23 heavy (non-hydrogen) atoms. The normalized spacial score (nSPS) is 19.1. The molecule has 0 N–H and O–H groups in total. The van der Waals surface area contributed by atoms with Crippen molar-refractivity contribution in [2.24, 2.45) is 0 Å². The maximum Gasteiger partial charge on any atom is 0.409 e. The van der Waals surface area contributed by atoms with Gasteiger partial charge in [0, 0.05) is 49.9 Å². The highest BCUT2D eigenvalue weighted by Crippen LogP contribution is 2.14. The molecule has 2 heterocycles. The number of halogens is 1. The fourth-order valence-electron chi connectivity index (χ4n) is 2.87. The van der Waals surface area contributed by atoms with Gasteiger partial charge in [0.05, 0.1) is 6.54 Å². The third-order valence-electron chi connectivity index (χ3n) is 4.26. The second-order valence-corrected chi connectivity index (χ2v) is 6.18. The zero-order chi connectivity index (χ0) is 16.2. The molecule has 2 saturated heterocycles. The van der Waals surface area contributed by atoms with Crippen LogP contribution in [0, 0.1) is 0 Å². The lowest BCUT2D eigenvalue weighted by Crippen LogP contribution is -2.50. The van der Waals surface area contributed by atoms with E-state index < -0.39 is 0 Å². The highest BCUT2D eigenvalue weighted by Gasteiger charge is 2.25. The van der Waals surface area contributed by atoms with E-state index in [4.69, 9.17) is 16.3 Å². The molecule has 2 fully saturated rings. The molecule has 2 amide bonds. The highest BCUT2D eigenvalue weighted by molar-refractivity contribution is 6.30. The Labute approximate surface area is 140 Å². The SMILES string of the molecule is O=C1OCCN1CCN1CCN(C(=O)c2cccc(Cl)c2)CC1. The van der Waals surface area contributed by atoms with Crippen LogP contribution in [0.25, 0.3) is 0 Å². The number of rotatable bonds is 4. The molecule has 7 heteroatoms. The summed E-state index contributed by atoms with van der Waals surface area (Å²) in [5.41, 5.74) is 0.630. The van der Waals surface area contributed by atoms with Gasteiger partial charge in [0.1, 0.15) is 6.61 Å². The molecule has 124 valence electrons. The Balaban J connectivity index is 1.46. The Hall–Kier alpha value is -1.79. The van der Waals surface area contributed by atoms with Gasteiger partial charge in [-0.15, -0.1) is 0 Å². The van der Waals surface area contributed by atoms with Gasteiger partial charge in [0.2, 0.25) is 0 Å². The summed E-state index contributed by atoms with van der Waals surface area (Å²) < 4.78 is 4.92. The fourth-order valence-corrected chi connectivity index (χ4v) is 3.06. The van der Waals surface area contributed by atoms with Gasteiger partial charge in [-0.1, -0.05) is 17.7 Å². The van der Waals surface area contributed by atoms with Crippen molar-refractivity contribution in [2.45, 2.75) is 0 Å². The van der Waals surface area contributed by atoms with Crippen molar-refractivity contribution in [2.75, 3.05) is 52.4 Å². The lowest BCUT2D eigenvalue weighted by atomic mass is 10.2. The van der Waals surface area contributed by atoms with E-state index in [-0.39, 0.29) is 12.0 Å². The first-order chi connectivity index (χ1) is 11.1. The van der Waals surface area contributed by atoms with Crippen molar-refractivity contribution in [1.82, 2.24) is 14.7 Å². The van der Waals surface area contributed by atoms with Gasteiger partial charge in [0.15, 0.2) is 0 Å². The van der Waals surface area contributed by atoms with E-state index >= 15 is 0 Å². The molecule has 0 bridgehead atoms. The lowest BCUT2D eigenvalue weighted by Gasteiger charge is -2.35. The minimum atomic E-state index is -0.222. The number of hydrogen-bond acceptors (Lipinski definition) is 4. The van der Waals surface area contributed by atoms with Crippen molar-refractivity contribution in [1.29, 1.82) is 0 Å². The summed E-state index contributed by atoms with van der Waals surface area (Å²) in [5.74, 6) is 0.0234. The van der Waals surface area contributed by atoms with Gasteiger partial charge in [-0.25, -0.2) is 4.79 Å². The lowest BCUT2D eigenvalue weighted by molar-refractivity contribution is 0.0629. The summed E-state index contributed by atoms with van der Waals surface area (Å²) in [4.78, 5) is 29.7. The molecule has 2 aliphatic heterocycles. The van der Waals surface area contributed by atoms with Crippen LogP contribution in [0.3, 0.4) is 0 Å². The average molecular weight is 338 g/mol. The maximum atomic E-state index is 12.4. The third-order valence-corrected chi connectivity index (χ3v) is 4.50. The molecule has 0 spiro atoms. The highest BCUT2D eigenvalue weighted by atomic mass is 35.5. The van der Waals surface area contributed by atoms with Gasteiger partial charge in [-0.05, 0) is 18.2 Å². The second kappa shape index (κ2) is 7.19. The predicted octanol–water partition coefficient (Wildman–Crippen LogP) is 1.55.